The van der Waals surface area contributed by atoms with E-state index in [1.807, 2.05) is 42.5 Å². The quantitative estimate of drug-likeness (QED) is 0.374. The molecule has 30 heavy (non-hydrogen) atoms. The molecule has 0 N–H and O–H groups in total. The molecule has 0 unspecified atom stereocenters. The van der Waals surface area contributed by atoms with Gasteiger partial charge in [0.2, 0.25) is 0 Å². The van der Waals surface area contributed by atoms with Crippen molar-refractivity contribution in [2.75, 3.05) is 28.4 Å². The Bertz CT molecular complexity index is 1000. The highest BCUT2D eigenvalue weighted by Crippen LogP contribution is 2.35. The van der Waals surface area contributed by atoms with Gasteiger partial charge in [0.05, 0.1) is 21.3 Å². The molecule has 0 aromatic heterocycles. The summed E-state index contributed by atoms with van der Waals surface area (Å²) in [6, 6.07) is 22.4. The van der Waals surface area contributed by atoms with E-state index in [0.717, 1.165) is 33.6 Å². The minimum Gasteiger partial charge on any atom is -0.497 e. The third-order valence-electron chi connectivity index (χ3n) is 4.85. The van der Waals surface area contributed by atoms with E-state index >= 15 is 0 Å². The van der Waals surface area contributed by atoms with Gasteiger partial charge in [-0.3, -0.25) is 0 Å². The molecule has 0 aliphatic rings. The van der Waals surface area contributed by atoms with Crippen LogP contribution in [0.5, 0.6) is 17.2 Å². The number of halogens is 1. The molecular weight excluding hydrogens is 442 g/mol. The number of benzene rings is 3. The average molecular weight is 468 g/mol. The monoisotopic (exact) mass is 467 g/mol. The molecule has 0 heterocycles. The van der Waals surface area contributed by atoms with Gasteiger partial charge in [0.1, 0.15) is 5.75 Å². The molecule has 156 valence electrons. The van der Waals surface area contributed by atoms with Crippen LogP contribution in [-0.4, -0.2) is 33.3 Å². The van der Waals surface area contributed by atoms with E-state index in [4.69, 9.17) is 14.2 Å². The Morgan fingerprint density at radius 2 is 1.50 bits per heavy atom. The molecule has 0 fully saturated rings. The molecule has 0 aliphatic carbocycles. The molecular formula is C25H26BrNO3. The second-order valence-electron chi connectivity index (χ2n) is 6.83. The number of methoxy groups -OCH3 is 3. The van der Waals surface area contributed by atoms with E-state index in [1.54, 1.807) is 21.3 Å². The van der Waals surface area contributed by atoms with Crippen LogP contribution in [0.3, 0.4) is 0 Å². The Balaban J connectivity index is 2.00. The van der Waals surface area contributed by atoms with Crippen LogP contribution in [0.1, 0.15) is 16.7 Å². The Morgan fingerprint density at radius 1 is 0.867 bits per heavy atom. The van der Waals surface area contributed by atoms with Gasteiger partial charge in [-0.2, -0.15) is 0 Å². The zero-order chi connectivity index (χ0) is 21.5. The first kappa shape index (κ1) is 21.8. The van der Waals surface area contributed by atoms with Crippen molar-refractivity contribution >= 4 is 27.7 Å². The third-order valence-corrected chi connectivity index (χ3v) is 5.54. The number of rotatable bonds is 8. The lowest BCUT2D eigenvalue weighted by Gasteiger charge is -2.24. The molecule has 4 nitrogen and oxygen atoms in total. The highest BCUT2D eigenvalue weighted by atomic mass is 79.9. The fraction of sp³-hybridized carbons (Fsp3) is 0.200. The van der Waals surface area contributed by atoms with Crippen molar-refractivity contribution in [1.82, 2.24) is 4.90 Å². The summed E-state index contributed by atoms with van der Waals surface area (Å²) in [4.78, 5) is 2.24. The topological polar surface area (TPSA) is 30.9 Å². The van der Waals surface area contributed by atoms with Crippen molar-refractivity contribution in [3.05, 3.63) is 87.9 Å². The first-order valence-electron chi connectivity index (χ1n) is 9.58. The van der Waals surface area contributed by atoms with Crippen molar-refractivity contribution in [3.63, 3.8) is 0 Å². The minimum atomic E-state index is 0.689. The fourth-order valence-electron chi connectivity index (χ4n) is 3.24. The largest absolute Gasteiger partial charge is 0.497 e. The van der Waals surface area contributed by atoms with Crippen LogP contribution in [0.2, 0.25) is 0 Å². The number of ether oxygens (including phenoxy) is 3. The summed E-state index contributed by atoms with van der Waals surface area (Å²) in [7, 11) is 7.06. The fourth-order valence-corrected chi connectivity index (χ4v) is 3.68. The van der Waals surface area contributed by atoms with Crippen LogP contribution in [0.15, 0.2) is 71.2 Å². The summed E-state index contributed by atoms with van der Waals surface area (Å²) in [5.74, 6) is 2.24. The van der Waals surface area contributed by atoms with Gasteiger partial charge < -0.3 is 19.1 Å². The number of hydrogen-bond donors (Lipinski definition) is 0. The third kappa shape index (κ3) is 5.16. The van der Waals surface area contributed by atoms with Crippen LogP contribution in [0.25, 0.3) is 11.8 Å². The Kier molecular flexibility index (Phi) is 7.41. The maximum atomic E-state index is 5.50. The Morgan fingerprint density at radius 3 is 2.10 bits per heavy atom. The van der Waals surface area contributed by atoms with Gasteiger partial charge in [0, 0.05) is 23.8 Å². The highest BCUT2D eigenvalue weighted by molar-refractivity contribution is 9.10. The summed E-state index contributed by atoms with van der Waals surface area (Å²) in [5, 5.41) is 0. The lowest BCUT2D eigenvalue weighted by Crippen LogP contribution is -2.16. The zero-order valence-corrected chi connectivity index (χ0v) is 19.3. The predicted molar refractivity (Wildman–Crippen MR) is 126 cm³/mol. The molecule has 0 amide bonds. The van der Waals surface area contributed by atoms with Gasteiger partial charge in [-0.1, -0.05) is 58.4 Å². The molecule has 0 spiro atoms. The Hall–Kier alpha value is -2.92. The summed E-state index contributed by atoms with van der Waals surface area (Å²) in [6.07, 6.45) is 2.16. The van der Waals surface area contributed by atoms with E-state index in [9.17, 15) is 0 Å². The van der Waals surface area contributed by atoms with Crippen LogP contribution in [0, 0.1) is 0 Å². The number of nitrogens with zero attached hydrogens (tertiary/aromatic N) is 1. The van der Waals surface area contributed by atoms with Crippen molar-refractivity contribution in [1.29, 1.82) is 0 Å². The van der Waals surface area contributed by atoms with Gasteiger partial charge in [0.15, 0.2) is 11.5 Å². The maximum Gasteiger partial charge on any atom is 0.161 e. The molecule has 5 heteroatoms. The summed E-state index contributed by atoms with van der Waals surface area (Å²) in [6.45, 7) is 0.760. The molecule has 0 saturated heterocycles. The molecule has 0 bridgehead atoms. The van der Waals surface area contributed by atoms with Gasteiger partial charge in [-0.25, -0.2) is 0 Å². The second-order valence-corrected chi connectivity index (χ2v) is 7.68. The van der Waals surface area contributed by atoms with Gasteiger partial charge in [-0.15, -0.1) is 0 Å². The summed E-state index contributed by atoms with van der Waals surface area (Å²) in [5.41, 5.74) is 4.44. The lowest BCUT2D eigenvalue weighted by atomic mass is 10.1. The van der Waals surface area contributed by atoms with Crippen LogP contribution in [0.4, 0.5) is 0 Å². The van der Waals surface area contributed by atoms with Crippen molar-refractivity contribution in [2.45, 2.75) is 6.54 Å². The SMILES string of the molecule is COc1ccc(CN(C)/C(=C/c2cc(OC)c(OC)cc2Br)c2ccccc2)cc1. The van der Waals surface area contributed by atoms with Crippen LogP contribution < -0.4 is 14.2 Å². The smallest absolute Gasteiger partial charge is 0.161 e. The van der Waals surface area contributed by atoms with E-state index in [0.29, 0.717) is 11.5 Å². The van der Waals surface area contributed by atoms with Gasteiger partial charge in [-0.05, 0) is 47.0 Å². The van der Waals surface area contributed by atoms with E-state index < -0.39 is 0 Å². The number of hydrogen-bond acceptors (Lipinski definition) is 4. The van der Waals surface area contributed by atoms with Gasteiger partial charge in [0.25, 0.3) is 0 Å². The van der Waals surface area contributed by atoms with E-state index in [-0.39, 0.29) is 0 Å². The molecule has 3 aromatic carbocycles. The van der Waals surface area contributed by atoms with Crippen molar-refractivity contribution in [3.8, 4) is 17.2 Å². The van der Waals surface area contributed by atoms with Gasteiger partial charge >= 0.3 is 0 Å². The highest BCUT2D eigenvalue weighted by Gasteiger charge is 2.13. The molecule has 0 aliphatic heterocycles. The minimum absolute atomic E-state index is 0.689. The predicted octanol–water partition coefficient (Wildman–Crippen LogP) is 6.11. The summed E-state index contributed by atoms with van der Waals surface area (Å²) < 4.78 is 17.1. The molecule has 0 saturated carbocycles. The zero-order valence-electron chi connectivity index (χ0n) is 17.7. The van der Waals surface area contributed by atoms with E-state index in [2.05, 4.69) is 58.2 Å². The molecule has 3 aromatic rings. The molecule has 0 atom stereocenters. The lowest BCUT2D eigenvalue weighted by molar-refractivity contribution is 0.354. The summed E-state index contributed by atoms with van der Waals surface area (Å²) >= 11 is 3.67. The Labute approximate surface area is 186 Å². The van der Waals surface area contributed by atoms with Crippen LogP contribution in [-0.2, 0) is 6.54 Å². The first-order chi connectivity index (χ1) is 14.5. The van der Waals surface area contributed by atoms with E-state index in [1.165, 1.54) is 5.56 Å². The normalized spacial score (nSPS) is 11.2. The average Bonchev–Trinajstić information content (AvgIpc) is 2.79. The second kappa shape index (κ2) is 10.2. The van der Waals surface area contributed by atoms with Crippen molar-refractivity contribution < 1.29 is 14.2 Å². The maximum absolute atomic E-state index is 5.50. The standard InChI is InChI=1S/C25H26BrNO3/c1-27(17-18-10-12-21(28-2)13-11-18)23(19-8-6-5-7-9-19)14-20-15-24(29-3)25(30-4)16-22(20)26/h5-16H,17H2,1-4H3/b23-14+. The first-order valence-corrected chi connectivity index (χ1v) is 10.4. The van der Waals surface area contributed by atoms with Crippen LogP contribution >= 0.6 is 15.9 Å². The molecule has 0 radical (unpaired) electrons. The van der Waals surface area contributed by atoms with Crippen molar-refractivity contribution in [2.24, 2.45) is 0 Å². The molecule has 3 rings (SSSR count).